The average molecular weight is 953 g/mol. The molecule has 0 atom stereocenters. The van der Waals surface area contributed by atoms with E-state index in [2.05, 4.69) is 173 Å². The third kappa shape index (κ3) is 5.33. The van der Waals surface area contributed by atoms with Gasteiger partial charge in [-0.2, -0.15) is 0 Å². The van der Waals surface area contributed by atoms with Gasteiger partial charge in [0.25, 0.3) is 11.8 Å². The second-order valence-electron chi connectivity index (χ2n) is 14.2. The monoisotopic (exact) mass is 949 g/mol. The van der Waals surface area contributed by atoms with E-state index in [9.17, 15) is 9.59 Å². The highest BCUT2D eigenvalue weighted by Gasteiger charge is 2.41. The summed E-state index contributed by atoms with van der Waals surface area (Å²) in [7, 11) is 0. The van der Waals surface area contributed by atoms with Crippen LogP contribution in [0.3, 0.4) is 0 Å². The second-order valence-corrected chi connectivity index (χ2v) is 17.9. The first-order valence-electron chi connectivity index (χ1n) is 17.4. The Morgan fingerprint density at radius 1 is 0.453 bits per heavy atom. The Hall–Kier alpha value is -4.02. The third-order valence-electron chi connectivity index (χ3n) is 10.4. The summed E-state index contributed by atoms with van der Waals surface area (Å²) in [5.41, 5.74) is 8.84. The van der Waals surface area contributed by atoms with Gasteiger partial charge in [0.1, 0.15) is 0 Å². The van der Waals surface area contributed by atoms with E-state index in [4.69, 9.17) is 0 Å². The van der Waals surface area contributed by atoms with Gasteiger partial charge in [-0.25, -0.2) is 4.90 Å². The number of benzene rings is 6. The van der Waals surface area contributed by atoms with Crippen LogP contribution in [0.5, 0.6) is 0 Å². The number of halogens is 4. The van der Waals surface area contributed by atoms with Crippen molar-refractivity contribution in [1.82, 2.24) is 9.13 Å². The van der Waals surface area contributed by atoms with Gasteiger partial charge < -0.3 is 9.13 Å². The van der Waals surface area contributed by atoms with Crippen LogP contribution in [0.1, 0.15) is 71.4 Å². The van der Waals surface area contributed by atoms with Crippen LogP contribution in [0.15, 0.2) is 121 Å². The molecule has 6 aromatic carbocycles. The molecule has 53 heavy (non-hydrogen) atoms. The van der Waals surface area contributed by atoms with E-state index in [1.165, 1.54) is 4.90 Å². The van der Waals surface area contributed by atoms with Crippen molar-refractivity contribution < 1.29 is 9.59 Å². The van der Waals surface area contributed by atoms with Crippen LogP contribution in [-0.4, -0.2) is 20.9 Å². The van der Waals surface area contributed by atoms with Crippen molar-refractivity contribution in [3.05, 3.63) is 143 Å². The van der Waals surface area contributed by atoms with E-state index in [1.54, 1.807) is 0 Å². The van der Waals surface area contributed by atoms with Crippen molar-refractivity contribution in [2.24, 2.45) is 0 Å². The van der Waals surface area contributed by atoms with Gasteiger partial charge in [0, 0.05) is 39.4 Å². The van der Waals surface area contributed by atoms with E-state index in [0.29, 0.717) is 16.8 Å². The summed E-state index contributed by atoms with van der Waals surface area (Å²) in [5, 5.41) is 4.30. The maximum absolute atomic E-state index is 14.9. The van der Waals surface area contributed by atoms with Crippen LogP contribution in [0.2, 0.25) is 0 Å². The van der Waals surface area contributed by atoms with Gasteiger partial charge in [-0.3, -0.25) is 9.59 Å². The second kappa shape index (κ2) is 12.8. The standard InChI is InChI=1S/C44H31Br4N3O2/c1-22(2)28-6-5-7-29(23(3)4)42(28)51-43(52)34-20-40(49-36-16-24(45)8-12-30(36)31-13-9-25(46)17-37(31)49)41(21-35(34)44(51)53)50-38-18-26(47)10-14-32(38)33-15-11-27(48)19-39(33)50/h5-23H,1-4H3. The third-order valence-corrected chi connectivity index (χ3v) is 12.4. The van der Waals surface area contributed by atoms with Gasteiger partial charge in [-0.1, -0.05) is 134 Å². The molecule has 5 nitrogen and oxygen atoms in total. The number of anilines is 1. The number of carbonyl (C=O) groups excluding carboxylic acids is 2. The number of para-hydroxylation sites is 1. The number of carbonyl (C=O) groups is 2. The molecule has 0 saturated carbocycles. The predicted molar refractivity (Wildman–Crippen MR) is 232 cm³/mol. The van der Waals surface area contributed by atoms with Crippen LogP contribution in [0.25, 0.3) is 55.0 Å². The van der Waals surface area contributed by atoms with Gasteiger partial charge in [0.05, 0.1) is 50.3 Å². The van der Waals surface area contributed by atoms with Crippen molar-refractivity contribution in [3.63, 3.8) is 0 Å². The number of hydrogen-bond donors (Lipinski definition) is 0. The minimum absolute atomic E-state index is 0.100. The quantitative estimate of drug-likeness (QED) is 0.161. The molecule has 1 aliphatic heterocycles. The van der Waals surface area contributed by atoms with Crippen molar-refractivity contribution in [1.29, 1.82) is 0 Å². The van der Waals surface area contributed by atoms with Crippen LogP contribution in [-0.2, 0) is 0 Å². The summed E-state index contributed by atoms with van der Waals surface area (Å²) in [6, 6.07) is 35.2. The lowest BCUT2D eigenvalue weighted by molar-refractivity contribution is 0.0925. The number of aromatic nitrogens is 2. The molecule has 3 heterocycles. The summed E-state index contributed by atoms with van der Waals surface area (Å²) in [4.78, 5) is 31.2. The molecule has 0 saturated heterocycles. The maximum Gasteiger partial charge on any atom is 0.266 e. The molecule has 9 heteroatoms. The number of hydrogen-bond acceptors (Lipinski definition) is 2. The average Bonchev–Trinajstić information content (AvgIpc) is 3.69. The molecule has 0 spiro atoms. The first kappa shape index (κ1) is 34.7. The maximum atomic E-state index is 14.9. The lowest BCUT2D eigenvalue weighted by atomic mass is 9.92. The fraction of sp³-hybridized carbons (Fsp3) is 0.136. The van der Waals surface area contributed by atoms with Gasteiger partial charge in [-0.05, 0) is 83.6 Å². The lowest BCUT2D eigenvalue weighted by Gasteiger charge is -2.25. The van der Waals surface area contributed by atoms with E-state index in [-0.39, 0.29) is 23.7 Å². The molecule has 2 aromatic heterocycles. The summed E-state index contributed by atoms with van der Waals surface area (Å²) >= 11 is 15.0. The fourth-order valence-corrected chi connectivity index (χ4v) is 9.44. The SMILES string of the molecule is CC(C)c1cccc(C(C)C)c1N1C(=O)c2cc(-n3c4cc(Br)ccc4c4ccc(Br)cc43)c(-n3c4cc(Br)ccc4c4ccc(Br)cc43)cc2C1=O. The van der Waals surface area contributed by atoms with E-state index < -0.39 is 0 Å². The topological polar surface area (TPSA) is 47.2 Å². The molecular formula is C44H31Br4N3O2. The van der Waals surface area contributed by atoms with Gasteiger partial charge >= 0.3 is 0 Å². The number of amides is 2. The molecule has 1 aliphatic rings. The molecule has 0 bridgehead atoms. The minimum Gasteiger partial charge on any atom is -0.307 e. The highest BCUT2D eigenvalue weighted by atomic mass is 79.9. The number of nitrogens with zero attached hydrogens (tertiary/aromatic N) is 3. The molecule has 9 rings (SSSR count). The Labute approximate surface area is 340 Å². The minimum atomic E-state index is -0.316. The van der Waals surface area contributed by atoms with Crippen LogP contribution < -0.4 is 4.90 Å². The van der Waals surface area contributed by atoms with Gasteiger partial charge in [-0.15, -0.1) is 0 Å². The van der Waals surface area contributed by atoms with Crippen LogP contribution in [0.4, 0.5) is 5.69 Å². The first-order valence-corrected chi connectivity index (χ1v) is 20.6. The smallest absolute Gasteiger partial charge is 0.266 e. The summed E-state index contributed by atoms with van der Waals surface area (Å²) in [6.45, 7) is 8.42. The van der Waals surface area contributed by atoms with Crippen LogP contribution >= 0.6 is 63.7 Å². The Morgan fingerprint density at radius 3 is 1.08 bits per heavy atom. The van der Waals surface area contributed by atoms with Crippen molar-refractivity contribution in [2.75, 3.05) is 4.90 Å². The Kier molecular flexibility index (Phi) is 8.38. The van der Waals surface area contributed by atoms with E-state index >= 15 is 0 Å². The zero-order chi connectivity index (χ0) is 37.0. The molecule has 2 amide bonds. The molecule has 0 N–H and O–H groups in total. The van der Waals surface area contributed by atoms with Crippen molar-refractivity contribution in [3.8, 4) is 11.4 Å². The number of fused-ring (bicyclic) bond motifs is 7. The Balaban J connectivity index is 1.44. The fourth-order valence-electron chi connectivity index (χ4n) is 8.04. The Morgan fingerprint density at radius 2 is 0.774 bits per heavy atom. The predicted octanol–water partition coefficient (Wildman–Crippen LogP) is 14.0. The van der Waals surface area contributed by atoms with Crippen molar-refractivity contribution >= 4 is 125 Å². The normalized spacial score (nSPS) is 13.3. The van der Waals surface area contributed by atoms with Crippen LogP contribution in [0, 0.1) is 0 Å². The van der Waals surface area contributed by atoms with Gasteiger partial charge in [0.2, 0.25) is 0 Å². The van der Waals surface area contributed by atoms with E-state index in [1.807, 2.05) is 30.3 Å². The molecule has 0 fully saturated rings. The molecule has 0 aliphatic carbocycles. The molecular weight excluding hydrogens is 922 g/mol. The lowest BCUT2D eigenvalue weighted by Crippen LogP contribution is -2.31. The van der Waals surface area contributed by atoms with Crippen molar-refractivity contribution in [2.45, 2.75) is 39.5 Å². The zero-order valence-electron chi connectivity index (χ0n) is 29.1. The molecule has 0 unspecified atom stereocenters. The number of imide groups is 1. The zero-order valence-corrected chi connectivity index (χ0v) is 35.5. The first-order chi connectivity index (χ1) is 25.4. The highest BCUT2D eigenvalue weighted by Crippen LogP contribution is 2.45. The van der Waals surface area contributed by atoms with Gasteiger partial charge in [0.15, 0.2) is 0 Å². The number of rotatable bonds is 5. The van der Waals surface area contributed by atoms with E-state index in [0.717, 1.165) is 84.0 Å². The largest absolute Gasteiger partial charge is 0.307 e. The highest BCUT2D eigenvalue weighted by molar-refractivity contribution is 9.11. The molecule has 8 aromatic rings. The summed E-state index contributed by atoms with van der Waals surface area (Å²) in [6.07, 6.45) is 0. The molecule has 262 valence electrons. The summed E-state index contributed by atoms with van der Waals surface area (Å²) in [5.74, 6) is -0.432. The Bertz CT molecular complexity index is 2590. The molecule has 0 radical (unpaired) electrons. The summed E-state index contributed by atoms with van der Waals surface area (Å²) < 4.78 is 8.19.